The summed E-state index contributed by atoms with van der Waals surface area (Å²) in [4.78, 5) is 0. The molecule has 0 aromatic heterocycles. The van der Waals surface area contributed by atoms with Crippen LogP contribution in [0.25, 0.3) is 0 Å². The van der Waals surface area contributed by atoms with Gasteiger partial charge in [0.05, 0.1) is 0 Å². The van der Waals surface area contributed by atoms with E-state index < -0.39 is 0 Å². The molecule has 0 aromatic carbocycles. The first-order valence-corrected chi connectivity index (χ1v) is 3.78. The lowest BCUT2D eigenvalue weighted by atomic mass is 10.0. The molecule has 1 aliphatic heterocycles. The van der Waals surface area contributed by atoms with E-state index in [1.165, 1.54) is 25.8 Å². The second-order valence-corrected chi connectivity index (χ2v) is 2.67. The van der Waals surface area contributed by atoms with Gasteiger partial charge in [0.2, 0.25) is 0 Å². The largest absolute Gasteiger partial charge is 0.314 e. The van der Waals surface area contributed by atoms with E-state index in [4.69, 9.17) is 0 Å². The predicted molar refractivity (Wildman–Crippen MR) is 40.5 cm³/mol. The molecule has 0 unspecified atom stereocenters. The maximum Gasteiger partial charge on any atom is 0.0101 e. The molecule has 1 heterocycles. The third-order valence-corrected chi connectivity index (χ3v) is 1.86. The first kappa shape index (κ1) is 6.81. The molecule has 0 bridgehead atoms. The van der Waals surface area contributed by atoms with E-state index in [0.717, 1.165) is 12.5 Å². The maximum atomic E-state index is 3.71. The molecule has 0 spiro atoms. The Morgan fingerprint density at radius 3 is 3.00 bits per heavy atom. The van der Waals surface area contributed by atoms with Crippen LogP contribution in [0.4, 0.5) is 0 Å². The molecule has 1 nitrogen and oxygen atoms in total. The van der Waals surface area contributed by atoms with Crippen molar-refractivity contribution < 1.29 is 0 Å². The number of rotatable bonds is 2. The Bertz CT molecular complexity index is 82.6. The second kappa shape index (κ2) is 3.67. The van der Waals surface area contributed by atoms with Crippen molar-refractivity contribution in [3.63, 3.8) is 0 Å². The number of nitrogens with one attached hydrogen (secondary N) is 1. The molecular formula is C8H15N. The maximum absolute atomic E-state index is 3.71. The van der Waals surface area contributed by atoms with Gasteiger partial charge in [-0.3, -0.25) is 0 Å². The molecule has 0 radical (unpaired) electrons. The zero-order valence-electron chi connectivity index (χ0n) is 5.90. The Hall–Kier alpha value is -0.300. The molecule has 52 valence electrons. The van der Waals surface area contributed by atoms with Gasteiger partial charge in [0.25, 0.3) is 0 Å². The molecule has 1 N–H and O–H groups in total. The van der Waals surface area contributed by atoms with Gasteiger partial charge in [-0.05, 0) is 25.8 Å². The Kier molecular flexibility index (Phi) is 2.78. The van der Waals surface area contributed by atoms with Crippen LogP contribution in [0.5, 0.6) is 0 Å². The summed E-state index contributed by atoms with van der Waals surface area (Å²) in [6.07, 6.45) is 7.23. The minimum absolute atomic E-state index is 0.733. The Morgan fingerprint density at radius 2 is 2.44 bits per heavy atom. The fraction of sp³-hybridized carbons (Fsp3) is 0.750. The van der Waals surface area contributed by atoms with Gasteiger partial charge in [-0.15, -0.1) is 6.58 Å². The summed E-state index contributed by atoms with van der Waals surface area (Å²) < 4.78 is 0. The highest BCUT2D eigenvalue weighted by atomic mass is 14.9. The third-order valence-electron chi connectivity index (χ3n) is 1.86. The lowest BCUT2D eigenvalue weighted by molar-refractivity contribution is 0.404. The molecule has 1 aliphatic rings. The van der Waals surface area contributed by atoms with Crippen molar-refractivity contribution in [2.75, 3.05) is 6.54 Å². The van der Waals surface area contributed by atoms with E-state index in [0.29, 0.717) is 0 Å². The summed E-state index contributed by atoms with van der Waals surface area (Å²) in [6.45, 7) is 4.92. The topological polar surface area (TPSA) is 12.0 Å². The normalized spacial score (nSPS) is 27.8. The molecule has 1 rings (SSSR count). The molecule has 0 aliphatic carbocycles. The molecule has 0 saturated carbocycles. The van der Waals surface area contributed by atoms with Crippen molar-refractivity contribution >= 4 is 0 Å². The molecule has 1 fully saturated rings. The lowest BCUT2D eigenvalue weighted by Crippen LogP contribution is -2.33. The molecule has 0 amide bonds. The molecule has 0 aromatic rings. The van der Waals surface area contributed by atoms with Crippen molar-refractivity contribution in [2.24, 2.45) is 0 Å². The van der Waals surface area contributed by atoms with Crippen LogP contribution in [0, 0.1) is 0 Å². The van der Waals surface area contributed by atoms with E-state index in [1.807, 2.05) is 6.08 Å². The van der Waals surface area contributed by atoms with Crippen molar-refractivity contribution in [3.05, 3.63) is 12.7 Å². The van der Waals surface area contributed by atoms with Crippen LogP contribution in [0.3, 0.4) is 0 Å². The molecular weight excluding hydrogens is 110 g/mol. The SMILES string of the molecule is C=CC[C@@H]1CCCCN1. The Labute approximate surface area is 57.1 Å². The first-order valence-electron chi connectivity index (χ1n) is 3.78. The van der Waals surface area contributed by atoms with Crippen molar-refractivity contribution in [1.29, 1.82) is 0 Å². The lowest BCUT2D eigenvalue weighted by Gasteiger charge is -2.21. The van der Waals surface area contributed by atoms with Crippen LogP contribution < -0.4 is 5.32 Å². The quantitative estimate of drug-likeness (QED) is 0.554. The summed E-state index contributed by atoms with van der Waals surface area (Å²) in [5, 5.41) is 3.45. The summed E-state index contributed by atoms with van der Waals surface area (Å²) in [6, 6.07) is 0.733. The molecule has 1 saturated heterocycles. The van der Waals surface area contributed by atoms with Gasteiger partial charge in [-0.25, -0.2) is 0 Å². The average molecular weight is 125 g/mol. The first-order chi connectivity index (χ1) is 4.43. The molecule has 9 heavy (non-hydrogen) atoms. The fourth-order valence-corrected chi connectivity index (χ4v) is 1.33. The molecule has 1 atom stereocenters. The van der Waals surface area contributed by atoms with Crippen molar-refractivity contribution in [1.82, 2.24) is 5.32 Å². The summed E-state index contributed by atoms with van der Waals surface area (Å²) in [5.74, 6) is 0. The third kappa shape index (κ3) is 2.19. The van der Waals surface area contributed by atoms with E-state index in [9.17, 15) is 0 Å². The van der Waals surface area contributed by atoms with Gasteiger partial charge in [0.1, 0.15) is 0 Å². The van der Waals surface area contributed by atoms with Gasteiger partial charge in [0.15, 0.2) is 0 Å². The van der Waals surface area contributed by atoms with E-state index in [-0.39, 0.29) is 0 Å². The number of piperidine rings is 1. The summed E-state index contributed by atoms with van der Waals surface area (Å²) in [5.41, 5.74) is 0. The number of hydrogen-bond acceptors (Lipinski definition) is 1. The van der Waals surface area contributed by atoms with Crippen LogP contribution in [0.15, 0.2) is 12.7 Å². The van der Waals surface area contributed by atoms with Crippen LogP contribution >= 0.6 is 0 Å². The van der Waals surface area contributed by atoms with Gasteiger partial charge >= 0.3 is 0 Å². The van der Waals surface area contributed by atoms with Crippen molar-refractivity contribution in [3.8, 4) is 0 Å². The van der Waals surface area contributed by atoms with Gasteiger partial charge in [0, 0.05) is 6.04 Å². The van der Waals surface area contributed by atoms with E-state index in [1.54, 1.807) is 0 Å². The van der Waals surface area contributed by atoms with Gasteiger partial charge in [-0.1, -0.05) is 12.5 Å². The van der Waals surface area contributed by atoms with Crippen LogP contribution in [-0.4, -0.2) is 12.6 Å². The standard InChI is InChI=1S/C8H15N/c1-2-5-8-6-3-4-7-9-8/h2,8-9H,1,3-7H2/t8-/m1/s1. The van der Waals surface area contributed by atoms with Crippen LogP contribution in [0.1, 0.15) is 25.7 Å². The van der Waals surface area contributed by atoms with Gasteiger partial charge in [-0.2, -0.15) is 0 Å². The average Bonchev–Trinajstić information content (AvgIpc) is 1.91. The monoisotopic (exact) mass is 125 g/mol. The highest BCUT2D eigenvalue weighted by molar-refractivity contribution is 4.80. The smallest absolute Gasteiger partial charge is 0.0101 e. The Morgan fingerprint density at radius 1 is 1.56 bits per heavy atom. The highest BCUT2D eigenvalue weighted by Gasteiger charge is 2.09. The summed E-state index contributed by atoms with van der Waals surface area (Å²) in [7, 11) is 0. The van der Waals surface area contributed by atoms with Crippen molar-refractivity contribution in [2.45, 2.75) is 31.7 Å². The number of hydrogen-bond donors (Lipinski definition) is 1. The van der Waals surface area contributed by atoms with E-state index >= 15 is 0 Å². The summed E-state index contributed by atoms with van der Waals surface area (Å²) >= 11 is 0. The van der Waals surface area contributed by atoms with E-state index in [2.05, 4.69) is 11.9 Å². The zero-order valence-corrected chi connectivity index (χ0v) is 5.90. The minimum atomic E-state index is 0.733. The second-order valence-electron chi connectivity index (χ2n) is 2.67. The minimum Gasteiger partial charge on any atom is -0.314 e. The van der Waals surface area contributed by atoms with Crippen LogP contribution in [-0.2, 0) is 0 Å². The highest BCUT2D eigenvalue weighted by Crippen LogP contribution is 2.09. The fourth-order valence-electron chi connectivity index (χ4n) is 1.33. The zero-order chi connectivity index (χ0) is 6.53. The van der Waals surface area contributed by atoms with Gasteiger partial charge < -0.3 is 5.32 Å². The predicted octanol–water partition coefficient (Wildman–Crippen LogP) is 1.70. The Balaban J connectivity index is 2.15. The molecule has 1 heteroatoms. The van der Waals surface area contributed by atoms with Crippen LogP contribution in [0.2, 0.25) is 0 Å².